The van der Waals surface area contributed by atoms with E-state index < -0.39 is 0 Å². The van der Waals surface area contributed by atoms with Crippen molar-refractivity contribution in [1.29, 1.82) is 0 Å². The van der Waals surface area contributed by atoms with Gasteiger partial charge in [-0.05, 0) is 5.92 Å². The maximum Gasteiger partial charge on any atom is 0.463 e. The van der Waals surface area contributed by atoms with Crippen molar-refractivity contribution >= 4 is 35.3 Å². The normalized spacial score (nSPS) is 18.5. The molecule has 1 saturated carbocycles. The van der Waals surface area contributed by atoms with Crippen LogP contribution in [0.25, 0.3) is 0 Å². The number of unbranched alkanes of at least 4 members (excludes halogenated alkanes) is 2. The summed E-state index contributed by atoms with van der Waals surface area (Å²) in [4.78, 5) is 0. The lowest BCUT2D eigenvalue weighted by molar-refractivity contribution is 0.329. The molecule has 2 heteroatoms. The van der Waals surface area contributed by atoms with Crippen molar-refractivity contribution in [3.8, 4) is 0 Å². The lowest BCUT2D eigenvalue weighted by Gasteiger charge is -2.21. The summed E-state index contributed by atoms with van der Waals surface area (Å²) in [5, 5.41) is 0. The second-order valence-electron chi connectivity index (χ2n) is 4.40. The van der Waals surface area contributed by atoms with Crippen LogP contribution in [0.4, 0.5) is 0 Å². The SMILES string of the molecule is [I][Mg][CH2]CCCCC1CCCCC1. The summed E-state index contributed by atoms with van der Waals surface area (Å²) in [6, 6.07) is 0. The summed E-state index contributed by atoms with van der Waals surface area (Å²) in [6.45, 7) is 0. The third-order valence-corrected chi connectivity index (χ3v) is 6.28. The summed E-state index contributed by atoms with van der Waals surface area (Å²) in [6.07, 6.45) is 13.8. The average Bonchev–Trinajstić information content (AvgIpc) is 2.19. The second-order valence-corrected chi connectivity index (χ2v) is 8.72. The Hall–Kier alpha value is 1.50. The maximum atomic E-state index is 2.62. The van der Waals surface area contributed by atoms with Crippen LogP contribution < -0.4 is 0 Å². The highest BCUT2D eigenvalue weighted by Gasteiger charge is 2.12. The van der Waals surface area contributed by atoms with E-state index in [1.165, 1.54) is 38.5 Å². The molecule has 0 spiro atoms. The van der Waals surface area contributed by atoms with E-state index in [0.717, 1.165) is 5.92 Å². The van der Waals surface area contributed by atoms with Crippen molar-refractivity contribution in [2.24, 2.45) is 5.92 Å². The summed E-state index contributed by atoms with van der Waals surface area (Å²) >= 11 is 2.95. The molecule has 74 valence electrons. The topological polar surface area (TPSA) is 0 Å². The standard InChI is InChI=1S/C11H21.HI.Mg/c1-2-3-5-8-11-9-6-4-7-10-11;;/h11H,1-10H2;1H;/q;;+1/p-1. The fourth-order valence-electron chi connectivity index (χ4n) is 2.36. The predicted molar refractivity (Wildman–Crippen MR) is 69.6 cm³/mol. The molecule has 1 fully saturated rings. The van der Waals surface area contributed by atoms with Crippen LogP contribution in [0.3, 0.4) is 0 Å². The Labute approximate surface area is 103 Å². The molecule has 0 atom stereocenters. The lowest BCUT2D eigenvalue weighted by Crippen LogP contribution is -2.05. The van der Waals surface area contributed by atoms with Crippen molar-refractivity contribution in [3.63, 3.8) is 0 Å². The molecule has 0 N–H and O–H groups in total. The minimum Gasteiger partial charge on any atom is -0.301 e. The molecule has 0 amide bonds. The van der Waals surface area contributed by atoms with E-state index in [9.17, 15) is 0 Å². The van der Waals surface area contributed by atoms with Crippen LogP contribution in [0.1, 0.15) is 57.8 Å². The number of halogens is 1. The molecule has 0 aromatic rings. The van der Waals surface area contributed by atoms with E-state index in [1.807, 2.05) is 0 Å². The smallest absolute Gasteiger partial charge is 0.301 e. The van der Waals surface area contributed by atoms with Gasteiger partial charge in [0.2, 0.25) is 0 Å². The Kier molecular flexibility index (Phi) is 8.48. The van der Waals surface area contributed by atoms with Crippen LogP contribution in [-0.4, -0.2) is 16.5 Å². The third-order valence-electron chi connectivity index (χ3n) is 3.22. The van der Waals surface area contributed by atoms with Gasteiger partial charge in [0.1, 0.15) is 0 Å². The van der Waals surface area contributed by atoms with E-state index in [4.69, 9.17) is 0 Å². The van der Waals surface area contributed by atoms with E-state index >= 15 is 0 Å². The molecule has 0 unspecified atom stereocenters. The summed E-state index contributed by atoms with van der Waals surface area (Å²) in [7, 11) is 0. The minimum absolute atomic E-state index is 0.333. The number of rotatable bonds is 6. The van der Waals surface area contributed by atoms with Gasteiger partial charge >= 0.3 is 16.5 Å². The Bertz CT molecular complexity index is 111. The molecule has 0 aromatic heterocycles. The molecular weight excluding hydrogens is 283 g/mol. The quantitative estimate of drug-likeness (QED) is 0.382. The molecule has 0 aliphatic heterocycles. The Balaban J connectivity index is 1.86. The van der Waals surface area contributed by atoms with Crippen LogP contribution in [0.15, 0.2) is 0 Å². The van der Waals surface area contributed by atoms with Crippen molar-refractivity contribution in [2.75, 3.05) is 0 Å². The summed E-state index contributed by atoms with van der Waals surface area (Å²) in [5.74, 6) is 1.12. The zero-order valence-corrected chi connectivity index (χ0v) is 12.3. The van der Waals surface area contributed by atoms with Gasteiger partial charge < -0.3 is 18.9 Å². The molecule has 0 heterocycles. The van der Waals surface area contributed by atoms with E-state index in [2.05, 4.69) is 18.9 Å². The third kappa shape index (κ3) is 6.55. The summed E-state index contributed by atoms with van der Waals surface area (Å²) < 4.78 is 1.57. The Morgan fingerprint density at radius 2 is 1.77 bits per heavy atom. The van der Waals surface area contributed by atoms with E-state index in [1.54, 1.807) is 23.8 Å². The average molecular weight is 304 g/mol. The first-order chi connectivity index (χ1) is 6.43. The Morgan fingerprint density at radius 1 is 1.00 bits per heavy atom. The molecule has 13 heavy (non-hydrogen) atoms. The van der Waals surface area contributed by atoms with Gasteiger partial charge in [-0.15, -0.1) is 4.55 Å². The van der Waals surface area contributed by atoms with Crippen molar-refractivity contribution in [2.45, 2.75) is 62.3 Å². The first-order valence-corrected chi connectivity index (χ1v) is 12.1. The van der Waals surface area contributed by atoms with Gasteiger partial charge in [-0.1, -0.05) is 57.8 Å². The highest BCUT2D eigenvalue weighted by molar-refractivity contribution is 14.1. The van der Waals surface area contributed by atoms with Gasteiger partial charge in [-0.3, -0.25) is 0 Å². The first kappa shape index (κ1) is 12.6. The number of hydrogen-bond donors (Lipinski definition) is 0. The Morgan fingerprint density at radius 3 is 2.46 bits per heavy atom. The minimum atomic E-state index is 0.333. The molecule has 1 rings (SSSR count). The monoisotopic (exact) mass is 304 g/mol. The zero-order chi connectivity index (χ0) is 9.36. The van der Waals surface area contributed by atoms with Crippen LogP contribution in [0.5, 0.6) is 0 Å². The van der Waals surface area contributed by atoms with Gasteiger partial charge in [0, 0.05) is 0 Å². The summed E-state index contributed by atoms with van der Waals surface area (Å²) in [5.41, 5.74) is 0. The largest absolute Gasteiger partial charge is 0.463 e. The maximum absolute atomic E-state index is 2.62. The predicted octanol–water partition coefficient (Wildman–Crippen LogP) is 4.60. The van der Waals surface area contributed by atoms with E-state index in [0.29, 0.717) is 16.5 Å². The molecule has 0 aromatic carbocycles. The van der Waals surface area contributed by atoms with Crippen LogP contribution in [-0.2, 0) is 0 Å². The van der Waals surface area contributed by atoms with Crippen molar-refractivity contribution in [1.82, 2.24) is 0 Å². The first-order valence-electron chi connectivity index (χ1n) is 5.99. The molecule has 0 bridgehead atoms. The van der Waals surface area contributed by atoms with E-state index in [-0.39, 0.29) is 0 Å². The number of hydrogen-bond acceptors (Lipinski definition) is 0. The molecule has 0 radical (unpaired) electrons. The van der Waals surface area contributed by atoms with Crippen LogP contribution >= 0.6 is 18.9 Å². The molecule has 1 aliphatic carbocycles. The van der Waals surface area contributed by atoms with Crippen molar-refractivity contribution < 1.29 is 0 Å². The van der Waals surface area contributed by atoms with Gasteiger partial charge in [-0.2, -0.15) is 0 Å². The molecular formula is C11H21IMg. The zero-order valence-electron chi connectivity index (χ0n) is 8.73. The van der Waals surface area contributed by atoms with Crippen LogP contribution in [0.2, 0.25) is 4.55 Å². The van der Waals surface area contributed by atoms with Gasteiger partial charge in [0.25, 0.3) is 0 Å². The van der Waals surface area contributed by atoms with Crippen molar-refractivity contribution in [3.05, 3.63) is 0 Å². The van der Waals surface area contributed by atoms with Gasteiger partial charge in [0.05, 0.1) is 0 Å². The highest BCUT2D eigenvalue weighted by Crippen LogP contribution is 2.27. The van der Waals surface area contributed by atoms with Gasteiger partial charge in [-0.25, -0.2) is 0 Å². The lowest BCUT2D eigenvalue weighted by atomic mass is 9.86. The molecule has 0 nitrogen and oxygen atoms in total. The molecule has 0 saturated heterocycles. The van der Waals surface area contributed by atoms with Gasteiger partial charge in [0.15, 0.2) is 0 Å². The second kappa shape index (κ2) is 8.78. The fourth-order valence-corrected chi connectivity index (χ4v) is 4.52. The van der Waals surface area contributed by atoms with Crippen LogP contribution in [0, 0.1) is 5.92 Å². The molecule has 1 aliphatic rings. The fraction of sp³-hybridized carbons (Fsp3) is 1.00. The highest BCUT2D eigenvalue weighted by atomic mass is 127.